The summed E-state index contributed by atoms with van der Waals surface area (Å²) in [5.74, 6) is -0.772. The van der Waals surface area contributed by atoms with Crippen molar-refractivity contribution in [1.29, 1.82) is 0 Å². The molecule has 2 aromatic carbocycles. The van der Waals surface area contributed by atoms with Crippen LogP contribution in [0.25, 0.3) is 0 Å². The predicted octanol–water partition coefficient (Wildman–Crippen LogP) is 2.87. The molecule has 170 valence electrons. The van der Waals surface area contributed by atoms with Crippen molar-refractivity contribution in [2.75, 3.05) is 27.4 Å². The molecule has 1 aliphatic rings. The average Bonchev–Trinajstić information content (AvgIpc) is 2.80. The number of ketones is 1. The maximum absolute atomic E-state index is 12.8. The van der Waals surface area contributed by atoms with Crippen LogP contribution < -0.4 is 9.47 Å². The van der Waals surface area contributed by atoms with Crippen LogP contribution in [0, 0.1) is 5.92 Å². The summed E-state index contributed by atoms with van der Waals surface area (Å²) in [4.78, 5) is 36.8. The minimum atomic E-state index is -0.658. The van der Waals surface area contributed by atoms with Crippen LogP contribution >= 0.6 is 0 Å². The van der Waals surface area contributed by atoms with Gasteiger partial charge in [0.05, 0.1) is 27.2 Å². The highest BCUT2D eigenvalue weighted by molar-refractivity contribution is 6.02. The largest absolute Gasteiger partial charge is 0.508 e. The molecule has 1 unspecified atom stereocenters. The number of fused-ring (bicyclic) bond motifs is 1. The van der Waals surface area contributed by atoms with Gasteiger partial charge in [0.2, 0.25) is 0 Å². The summed E-state index contributed by atoms with van der Waals surface area (Å²) in [5, 5.41) is 9.25. The number of rotatable bonds is 9. The van der Waals surface area contributed by atoms with Gasteiger partial charge in [-0.05, 0) is 48.2 Å². The smallest absolute Gasteiger partial charge is 0.344 e. The van der Waals surface area contributed by atoms with E-state index in [0.717, 1.165) is 11.1 Å². The fourth-order valence-electron chi connectivity index (χ4n) is 3.62. The number of hydrogen-bond donors (Lipinski definition) is 1. The number of aromatic hydroxyl groups is 1. The van der Waals surface area contributed by atoms with E-state index in [1.54, 1.807) is 36.4 Å². The van der Waals surface area contributed by atoms with Crippen LogP contribution in [0.1, 0.15) is 34.3 Å². The number of phenols is 1. The Morgan fingerprint density at radius 3 is 2.38 bits per heavy atom. The SMILES string of the molecule is COc1cc2c(cc1OC)C(=O)C(CC(=O)OCC(=O)OCCc1ccc(O)cc1)CC2. The Hall–Kier alpha value is -3.55. The summed E-state index contributed by atoms with van der Waals surface area (Å²) < 4.78 is 20.6. The number of ether oxygens (including phenoxy) is 4. The lowest BCUT2D eigenvalue weighted by Gasteiger charge is -2.24. The first-order chi connectivity index (χ1) is 15.4. The van der Waals surface area contributed by atoms with Crippen LogP contribution in [-0.4, -0.2) is 50.3 Å². The third-order valence-electron chi connectivity index (χ3n) is 5.36. The fourth-order valence-corrected chi connectivity index (χ4v) is 3.62. The van der Waals surface area contributed by atoms with Gasteiger partial charge in [0.25, 0.3) is 0 Å². The number of methoxy groups -OCH3 is 2. The summed E-state index contributed by atoms with van der Waals surface area (Å²) in [6.45, 7) is -0.374. The Balaban J connectivity index is 1.45. The van der Waals surface area contributed by atoms with Gasteiger partial charge in [0.1, 0.15) is 5.75 Å². The van der Waals surface area contributed by atoms with Crippen molar-refractivity contribution in [2.24, 2.45) is 5.92 Å². The lowest BCUT2D eigenvalue weighted by Crippen LogP contribution is -2.27. The average molecular weight is 442 g/mol. The topological polar surface area (TPSA) is 108 Å². The van der Waals surface area contributed by atoms with Crippen molar-refractivity contribution < 1.29 is 38.4 Å². The first kappa shape index (κ1) is 23.1. The first-order valence-corrected chi connectivity index (χ1v) is 10.3. The Morgan fingerprint density at radius 2 is 1.69 bits per heavy atom. The molecule has 8 nitrogen and oxygen atoms in total. The van der Waals surface area contributed by atoms with E-state index in [9.17, 15) is 19.5 Å². The number of phenolic OH excluding ortho intramolecular Hbond substituents is 1. The fraction of sp³-hybridized carbons (Fsp3) is 0.375. The van der Waals surface area contributed by atoms with Gasteiger partial charge in [0, 0.05) is 17.9 Å². The zero-order valence-corrected chi connectivity index (χ0v) is 18.1. The van der Waals surface area contributed by atoms with E-state index in [4.69, 9.17) is 18.9 Å². The van der Waals surface area contributed by atoms with Crippen LogP contribution in [0.4, 0.5) is 0 Å². The zero-order valence-electron chi connectivity index (χ0n) is 18.1. The van der Waals surface area contributed by atoms with Gasteiger partial charge in [-0.1, -0.05) is 12.1 Å². The maximum atomic E-state index is 12.8. The second-order valence-corrected chi connectivity index (χ2v) is 7.47. The Morgan fingerprint density at radius 1 is 1.00 bits per heavy atom. The molecule has 0 fully saturated rings. The quantitative estimate of drug-likeness (QED) is 0.591. The van der Waals surface area contributed by atoms with Crippen molar-refractivity contribution in [1.82, 2.24) is 0 Å². The lowest BCUT2D eigenvalue weighted by atomic mass is 9.81. The zero-order chi connectivity index (χ0) is 23.1. The van der Waals surface area contributed by atoms with Gasteiger partial charge in [-0.15, -0.1) is 0 Å². The summed E-state index contributed by atoms with van der Waals surface area (Å²) in [6.07, 6.45) is 1.50. The van der Waals surface area contributed by atoms with Gasteiger partial charge in [-0.3, -0.25) is 9.59 Å². The number of aryl methyl sites for hydroxylation is 1. The standard InChI is InChI=1S/C24H26O8/c1-29-20-11-16-5-6-17(24(28)19(16)13-21(20)30-2)12-22(26)32-14-23(27)31-10-9-15-3-7-18(25)8-4-15/h3-4,7-8,11,13,17,25H,5-6,9-10,12,14H2,1-2H3. The molecule has 0 heterocycles. The third kappa shape index (κ3) is 5.78. The second kappa shape index (κ2) is 10.7. The molecule has 0 amide bonds. The van der Waals surface area contributed by atoms with E-state index in [1.165, 1.54) is 14.2 Å². The number of esters is 2. The number of carbonyl (C=O) groups is 3. The Bertz CT molecular complexity index is 980. The second-order valence-electron chi connectivity index (χ2n) is 7.47. The highest BCUT2D eigenvalue weighted by atomic mass is 16.6. The van der Waals surface area contributed by atoms with E-state index in [0.29, 0.717) is 36.3 Å². The molecule has 8 heteroatoms. The number of hydrogen-bond acceptors (Lipinski definition) is 8. The van der Waals surface area contributed by atoms with Crippen LogP contribution in [0.5, 0.6) is 17.2 Å². The minimum Gasteiger partial charge on any atom is -0.508 e. The summed E-state index contributed by atoms with van der Waals surface area (Å²) >= 11 is 0. The number of benzene rings is 2. The van der Waals surface area contributed by atoms with Gasteiger partial charge in [-0.25, -0.2) is 4.79 Å². The van der Waals surface area contributed by atoms with E-state index in [2.05, 4.69) is 0 Å². The molecule has 0 spiro atoms. The van der Waals surface area contributed by atoms with Gasteiger partial charge in [0.15, 0.2) is 23.9 Å². The van der Waals surface area contributed by atoms with E-state index >= 15 is 0 Å². The van der Waals surface area contributed by atoms with Crippen LogP contribution in [0.3, 0.4) is 0 Å². The summed E-state index contributed by atoms with van der Waals surface area (Å²) in [5.41, 5.74) is 2.27. The molecule has 0 aliphatic heterocycles. The molecule has 1 aliphatic carbocycles. The molecule has 0 saturated carbocycles. The minimum absolute atomic E-state index is 0.104. The van der Waals surface area contributed by atoms with Crippen molar-refractivity contribution in [3.63, 3.8) is 0 Å². The van der Waals surface area contributed by atoms with Crippen molar-refractivity contribution in [3.8, 4) is 17.2 Å². The van der Waals surface area contributed by atoms with Gasteiger partial charge >= 0.3 is 11.9 Å². The number of carbonyl (C=O) groups excluding carboxylic acids is 3. The van der Waals surface area contributed by atoms with E-state index in [-0.39, 0.29) is 24.6 Å². The monoisotopic (exact) mass is 442 g/mol. The first-order valence-electron chi connectivity index (χ1n) is 10.3. The highest BCUT2D eigenvalue weighted by Crippen LogP contribution is 2.36. The molecular formula is C24H26O8. The number of Topliss-reactive ketones (excluding diaryl/α,β-unsaturated/α-hetero) is 1. The van der Waals surface area contributed by atoms with Crippen LogP contribution in [0.15, 0.2) is 36.4 Å². The summed E-state index contributed by atoms with van der Waals surface area (Å²) in [6, 6.07) is 9.99. The maximum Gasteiger partial charge on any atom is 0.344 e. The molecule has 32 heavy (non-hydrogen) atoms. The van der Waals surface area contributed by atoms with Gasteiger partial charge < -0.3 is 24.1 Å². The van der Waals surface area contributed by atoms with Crippen LogP contribution in [-0.2, 0) is 31.9 Å². The molecule has 1 atom stereocenters. The molecule has 0 radical (unpaired) electrons. The predicted molar refractivity (Wildman–Crippen MR) is 114 cm³/mol. The van der Waals surface area contributed by atoms with Crippen molar-refractivity contribution >= 4 is 17.7 Å². The summed E-state index contributed by atoms with van der Waals surface area (Å²) in [7, 11) is 3.03. The highest BCUT2D eigenvalue weighted by Gasteiger charge is 2.31. The molecule has 1 N–H and O–H groups in total. The Kier molecular flexibility index (Phi) is 7.70. The van der Waals surface area contributed by atoms with Crippen molar-refractivity contribution in [2.45, 2.75) is 25.7 Å². The third-order valence-corrected chi connectivity index (χ3v) is 5.36. The Labute approximate surface area is 186 Å². The molecule has 2 aromatic rings. The molecule has 0 saturated heterocycles. The van der Waals surface area contributed by atoms with E-state index < -0.39 is 24.5 Å². The molecule has 0 bridgehead atoms. The lowest BCUT2D eigenvalue weighted by molar-refractivity contribution is -0.159. The molecular weight excluding hydrogens is 416 g/mol. The van der Waals surface area contributed by atoms with Gasteiger partial charge in [-0.2, -0.15) is 0 Å². The molecule has 0 aromatic heterocycles. The van der Waals surface area contributed by atoms with Crippen molar-refractivity contribution in [3.05, 3.63) is 53.1 Å². The normalized spacial score (nSPS) is 14.9. The van der Waals surface area contributed by atoms with Crippen LogP contribution in [0.2, 0.25) is 0 Å². The van der Waals surface area contributed by atoms with E-state index in [1.807, 2.05) is 0 Å². The molecule has 3 rings (SSSR count).